The molecule has 0 radical (unpaired) electrons. The molecule has 0 fully saturated rings. The van der Waals surface area contributed by atoms with Crippen LogP contribution in [0.15, 0.2) is 12.7 Å². The van der Waals surface area contributed by atoms with Crippen LogP contribution >= 0.6 is 0 Å². The second kappa shape index (κ2) is 9.21. The van der Waals surface area contributed by atoms with Gasteiger partial charge in [-0.2, -0.15) is 0 Å². The Balaban J connectivity index is 0. The van der Waals surface area contributed by atoms with Crippen molar-refractivity contribution in [1.29, 1.82) is 0 Å². The molecule has 0 aliphatic rings. The van der Waals surface area contributed by atoms with Crippen molar-refractivity contribution in [3.63, 3.8) is 0 Å². The quantitative estimate of drug-likeness (QED) is 0.585. The minimum atomic E-state index is 0. The van der Waals surface area contributed by atoms with Crippen LogP contribution in [0.2, 0.25) is 0 Å². The molecule has 1 heteroatoms. The van der Waals surface area contributed by atoms with Gasteiger partial charge in [0.05, 0.1) is 0 Å². The molecule has 0 aromatic heterocycles. The van der Waals surface area contributed by atoms with Gasteiger partial charge in [0, 0.05) is 31.1 Å². The largest absolute Gasteiger partial charge is 0.103 e. The fraction of sp³-hybridized carbons (Fsp3) is 0.333. The second-order valence-electron chi connectivity index (χ2n) is 0.408. The summed E-state index contributed by atoms with van der Waals surface area (Å²) >= 11 is 0. The Morgan fingerprint density at radius 3 is 1.75 bits per heavy atom. The summed E-state index contributed by atoms with van der Waals surface area (Å²) < 4.78 is 0. The van der Waals surface area contributed by atoms with Crippen molar-refractivity contribution < 1.29 is 31.1 Å². The maximum atomic E-state index is 3.36. The van der Waals surface area contributed by atoms with Crippen LogP contribution in [0.3, 0.4) is 0 Å². The van der Waals surface area contributed by atoms with Crippen LogP contribution in [0, 0.1) is 31.1 Å². The molecule has 4 heavy (non-hydrogen) atoms. The molecule has 0 heterocycles. The summed E-state index contributed by atoms with van der Waals surface area (Å²) in [5, 5.41) is 0. The van der Waals surface area contributed by atoms with Gasteiger partial charge in [0.25, 0.3) is 0 Å². The molecule has 0 aliphatic heterocycles. The zero-order valence-corrected chi connectivity index (χ0v) is 6.95. The Morgan fingerprint density at radius 2 is 1.75 bits per heavy atom. The van der Waals surface area contributed by atoms with Crippen molar-refractivity contribution in [1.82, 2.24) is 0 Å². The molecular formula is C3H6U. The third-order valence-corrected chi connectivity index (χ3v) is 0. The van der Waals surface area contributed by atoms with Gasteiger partial charge in [-0.25, -0.2) is 0 Å². The molecule has 0 bridgehead atoms. The number of hydrogen-bond acceptors (Lipinski definition) is 0. The summed E-state index contributed by atoms with van der Waals surface area (Å²) in [5.41, 5.74) is 0. The van der Waals surface area contributed by atoms with Crippen molar-refractivity contribution >= 4 is 0 Å². The Morgan fingerprint density at radius 1 is 1.75 bits per heavy atom. The van der Waals surface area contributed by atoms with Gasteiger partial charge in [-0.05, 0) is 6.92 Å². The Labute approximate surface area is 50.7 Å². The van der Waals surface area contributed by atoms with Crippen LogP contribution in [-0.2, 0) is 0 Å². The van der Waals surface area contributed by atoms with Gasteiger partial charge < -0.3 is 0 Å². The average molecular weight is 280 g/mol. The van der Waals surface area contributed by atoms with Gasteiger partial charge >= 0.3 is 0 Å². The Kier molecular flexibility index (Phi) is 20.3. The summed E-state index contributed by atoms with van der Waals surface area (Å²) in [5.74, 6) is 0. The number of rotatable bonds is 0. The van der Waals surface area contributed by atoms with Crippen molar-refractivity contribution in [2.24, 2.45) is 0 Å². The monoisotopic (exact) mass is 280 g/mol. The summed E-state index contributed by atoms with van der Waals surface area (Å²) in [6.07, 6.45) is 1.75. The molecule has 22 valence electrons. The SMILES string of the molecule is C=CC.[U]. The minimum absolute atomic E-state index is 0. The van der Waals surface area contributed by atoms with E-state index in [1.54, 1.807) is 6.08 Å². The summed E-state index contributed by atoms with van der Waals surface area (Å²) in [7, 11) is 0. The van der Waals surface area contributed by atoms with Crippen molar-refractivity contribution in [3.8, 4) is 0 Å². The first-order valence-corrected chi connectivity index (χ1v) is 0.986. The Hall–Kier alpha value is 0.792. The molecule has 0 amide bonds. The fourth-order valence-corrected chi connectivity index (χ4v) is 0. The molecule has 0 nitrogen and oxygen atoms in total. The van der Waals surface area contributed by atoms with Gasteiger partial charge in [0.1, 0.15) is 0 Å². The van der Waals surface area contributed by atoms with E-state index in [2.05, 4.69) is 6.58 Å². The van der Waals surface area contributed by atoms with Crippen LogP contribution in [0.25, 0.3) is 0 Å². The third kappa shape index (κ3) is 14.3. The van der Waals surface area contributed by atoms with E-state index in [0.29, 0.717) is 0 Å². The van der Waals surface area contributed by atoms with E-state index in [4.69, 9.17) is 0 Å². The predicted octanol–water partition coefficient (Wildman–Crippen LogP) is 1.19. The van der Waals surface area contributed by atoms with Crippen LogP contribution in [0.4, 0.5) is 0 Å². The van der Waals surface area contributed by atoms with E-state index >= 15 is 0 Å². The molecule has 0 unspecified atom stereocenters. The zero-order valence-electron chi connectivity index (χ0n) is 2.78. The molecule has 0 aromatic rings. The normalized spacial score (nSPS) is 3.25. The maximum Gasteiger partial charge on any atom is 0 e. The summed E-state index contributed by atoms with van der Waals surface area (Å²) in [6.45, 7) is 5.25. The topological polar surface area (TPSA) is 0 Å². The van der Waals surface area contributed by atoms with Gasteiger partial charge in [-0.1, -0.05) is 6.08 Å². The third-order valence-electron chi connectivity index (χ3n) is 0. The molecule has 0 rings (SSSR count). The smallest absolute Gasteiger partial charge is 0 e. The first kappa shape index (κ1) is 8.84. The van der Waals surface area contributed by atoms with Gasteiger partial charge in [0.15, 0.2) is 0 Å². The van der Waals surface area contributed by atoms with Crippen LogP contribution < -0.4 is 0 Å². The van der Waals surface area contributed by atoms with E-state index in [0.717, 1.165) is 0 Å². The molecule has 0 aromatic carbocycles. The fourth-order valence-electron chi connectivity index (χ4n) is 0. The maximum absolute atomic E-state index is 3.36. The average Bonchev–Trinajstić information content (AvgIpc) is 0.918. The molecule has 0 N–H and O–H groups in total. The van der Waals surface area contributed by atoms with E-state index < -0.39 is 0 Å². The summed E-state index contributed by atoms with van der Waals surface area (Å²) in [4.78, 5) is 0. The second-order valence-corrected chi connectivity index (χ2v) is 0.408. The van der Waals surface area contributed by atoms with Crippen molar-refractivity contribution in [2.75, 3.05) is 0 Å². The first-order chi connectivity index (χ1) is 1.41. The van der Waals surface area contributed by atoms with Crippen molar-refractivity contribution in [2.45, 2.75) is 6.92 Å². The molecule has 0 spiro atoms. The first-order valence-electron chi connectivity index (χ1n) is 0.986. The van der Waals surface area contributed by atoms with Gasteiger partial charge in [-0.15, -0.1) is 6.58 Å². The van der Waals surface area contributed by atoms with E-state index in [9.17, 15) is 0 Å². The zero-order chi connectivity index (χ0) is 2.71. The molecule has 0 atom stereocenters. The van der Waals surface area contributed by atoms with E-state index in [-0.39, 0.29) is 31.1 Å². The molecule has 0 saturated carbocycles. The van der Waals surface area contributed by atoms with Gasteiger partial charge in [-0.3, -0.25) is 0 Å². The molecule has 0 saturated heterocycles. The van der Waals surface area contributed by atoms with Gasteiger partial charge in [0.2, 0.25) is 0 Å². The summed E-state index contributed by atoms with van der Waals surface area (Å²) in [6, 6.07) is 0. The van der Waals surface area contributed by atoms with Crippen LogP contribution in [0.5, 0.6) is 0 Å². The Bertz CT molecular complexity index is 10.8. The van der Waals surface area contributed by atoms with E-state index in [1.165, 1.54) is 0 Å². The van der Waals surface area contributed by atoms with E-state index in [1.807, 2.05) is 6.92 Å². The van der Waals surface area contributed by atoms with Crippen LogP contribution in [0.1, 0.15) is 6.92 Å². The van der Waals surface area contributed by atoms with Crippen LogP contribution in [-0.4, -0.2) is 0 Å². The number of hydrogen-bond donors (Lipinski definition) is 0. The molecule has 0 aliphatic carbocycles. The standard InChI is InChI=1S/C3H6.U/c1-3-2;/h3H,1H2,2H3;. The number of allylic oxidation sites excluding steroid dienone is 1. The minimum Gasteiger partial charge on any atom is -0.103 e. The molecular weight excluding hydrogens is 274 g/mol. The predicted molar refractivity (Wildman–Crippen MR) is 15.9 cm³/mol. The van der Waals surface area contributed by atoms with Crippen molar-refractivity contribution in [3.05, 3.63) is 12.7 Å².